The summed E-state index contributed by atoms with van der Waals surface area (Å²) in [5.74, 6) is 2.57. The largest absolute Gasteiger partial charge is 0.228 e. The van der Waals surface area contributed by atoms with Crippen molar-refractivity contribution >= 4 is 11.8 Å². The van der Waals surface area contributed by atoms with Gasteiger partial charge in [0.1, 0.15) is 0 Å². The van der Waals surface area contributed by atoms with E-state index in [1.54, 1.807) is 0 Å². The molecule has 0 N–H and O–H groups in total. The quantitative estimate of drug-likeness (QED) is 0.173. The van der Waals surface area contributed by atoms with Crippen molar-refractivity contribution in [3.8, 4) is 68.1 Å². The molecule has 0 atom stereocenters. The summed E-state index contributed by atoms with van der Waals surface area (Å²) >= 11 is 1.83. The van der Waals surface area contributed by atoms with Crippen LogP contribution in [-0.4, -0.2) is 24.9 Å². The zero-order valence-electron chi connectivity index (χ0n) is 28.7. The minimum atomic E-state index is -0.0915. The molecule has 0 spiro atoms. The number of nitrogens with zero attached hydrogens (tertiary/aromatic N) is 5. The summed E-state index contributed by atoms with van der Waals surface area (Å²) < 4.78 is 0. The van der Waals surface area contributed by atoms with Gasteiger partial charge in [0, 0.05) is 48.6 Å². The Kier molecular flexibility index (Phi) is 8.02. The van der Waals surface area contributed by atoms with Crippen LogP contribution >= 0.6 is 11.8 Å². The summed E-state index contributed by atoms with van der Waals surface area (Å²) in [4.78, 5) is 27.5. The van der Waals surface area contributed by atoms with Crippen LogP contribution in [0.25, 0.3) is 68.1 Å². The van der Waals surface area contributed by atoms with Gasteiger partial charge < -0.3 is 0 Å². The van der Waals surface area contributed by atoms with Crippen molar-refractivity contribution < 1.29 is 0 Å². The van der Waals surface area contributed by atoms with Gasteiger partial charge in [-0.1, -0.05) is 171 Å². The van der Waals surface area contributed by atoms with Crippen molar-refractivity contribution in [2.45, 2.75) is 29.1 Å². The highest BCUT2D eigenvalue weighted by Crippen LogP contribution is 2.49. The van der Waals surface area contributed by atoms with E-state index in [0.29, 0.717) is 23.3 Å². The Labute approximate surface area is 307 Å². The molecule has 52 heavy (non-hydrogen) atoms. The van der Waals surface area contributed by atoms with Crippen LogP contribution in [0.1, 0.15) is 25.0 Å². The molecule has 9 rings (SSSR count). The van der Waals surface area contributed by atoms with Gasteiger partial charge in [-0.25, -0.2) is 24.9 Å². The van der Waals surface area contributed by atoms with E-state index in [1.807, 2.05) is 90.6 Å². The average Bonchev–Trinajstić information content (AvgIpc) is 3.21. The molecule has 6 aromatic carbocycles. The van der Waals surface area contributed by atoms with Crippen molar-refractivity contribution in [3.63, 3.8) is 0 Å². The van der Waals surface area contributed by atoms with Gasteiger partial charge >= 0.3 is 0 Å². The molecule has 0 saturated carbocycles. The first-order chi connectivity index (χ1) is 25.5. The predicted octanol–water partition coefficient (Wildman–Crippen LogP) is 11.5. The maximum absolute atomic E-state index is 5.12. The van der Waals surface area contributed by atoms with E-state index < -0.39 is 0 Å². The summed E-state index contributed by atoms with van der Waals surface area (Å²) in [6.07, 6.45) is 0. The second-order valence-electron chi connectivity index (χ2n) is 13.4. The van der Waals surface area contributed by atoms with Gasteiger partial charge in [0.05, 0.1) is 11.4 Å². The van der Waals surface area contributed by atoms with Gasteiger partial charge in [-0.3, -0.25) is 0 Å². The van der Waals surface area contributed by atoms with Crippen molar-refractivity contribution in [1.82, 2.24) is 24.9 Å². The molecular weight excluding hydrogens is 655 g/mol. The van der Waals surface area contributed by atoms with Gasteiger partial charge in [-0.15, -0.1) is 0 Å². The molecule has 0 unspecified atom stereocenters. The van der Waals surface area contributed by atoms with Gasteiger partial charge in [0.2, 0.25) is 0 Å². The smallest absolute Gasteiger partial charge is 0.164 e. The fourth-order valence-electron chi connectivity index (χ4n) is 6.81. The third-order valence-electron chi connectivity index (χ3n) is 9.63. The highest BCUT2D eigenvalue weighted by Gasteiger charge is 2.33. The Hall–Kier alpha value is -6.24. The summed E-state index contributed by atoms with van der Waals surface area (Å²) in [6, 6.07) is 56.1. The summed E-state index contributed by atoms with van der Waals surface area (Å²) in [6.45, 7) is 4.62. The first-order valence-electron chi connectivity index (χ1n) is 17.3. The molecule has 8 aromatic rings. The molecule has 0 saturated heterocycles. The second kappa shape index (κ2) is 13.1. The third kappa shape index (κ3) is 5.97. The molecular formula is C46H33N5S. The molecule has 0 radical (unpaired) electrons. The lowest BCUT2D eigenvalue weighted by atomic mass is 9.77. The van der Waals surface area contributed by atoms with E-state index in [1.165, 1.54) is 20.9 Å². The highest BCUT2D eigenvalue weighted by atomic mass is 32.2. The predicted molar refractivity (Wildman–Crippen MR) is 211 cm³/mol. The van der Waals surface area contributed by atoms with E-state index in [2.05, 4.69) is 98.8 Å². The van der Waals surface area contributed by atoms with Crippen LogP contribution < -0.4 is 0 Å². The lowest BCUT2D eigenvalue weighted by Crippen LogP contribution is -2.23. The molecule has 2 aromatic heterocycles. The minimum Gasteiger partial charge on any atom is -0.228 e. The highest BCUT2D eigenvalue weighted by molar-refractivity contribution is 7.99. The van der Waals surface area contributed by atoms with Crippen molar-refractivity contribution in [3.05, 3.63) is 175 Å². The van der Waals surface area contributed by atoms with Crippen LogP contribution in [0.15, 0.2) is 174 Å². The van der Waals surface area contributed by atoms with Gasteiger partial charge in [0.15, 0.2) is 23.3 Å². The number of aromatic nitrogens is 5. The van der Waals surface area contributed by atoms with Crippen LogP contribution in [0, 0.1) is 0 Å². The Morgan fingerprint density at radius 2 is 0.750 bits per heavy atom. The first-order valence-corrected chi connectivity index (χ1v) is 18.2. The SMILES string of the molecule is CC1(C)c2ccccc2Sc2cc(-c3cc(-c4ccc(-c5nc(-c6ccccc6)nc(-c6ccccc6)n5)cc4)nc(-c4ccccc4)n3)ccc21. The summed E-state index contributed by atoms with van der Waals surface area (Å²) in [5.41, 5.74) is 10.1. The second-order valence-corrected chi connectivity index (χ2v) is 14.5. The lowest BCUT2D eigenvalue weighted by Gasteiger charge is -2.34. The molecule has 0 amide bonds. The molecule has 3 heterocycles. The number of rotatable bonds is 6. The molecule has 6 heteroatoms. The molecule has 5 nitrogen and oxygen atoms in total. The number of benzene rings is 6. The Morgan fingerprint density at radius 3 is 1.31 bits per heavy atom. The summed E-state index contributed by atoms with van der Waals surface area (Å²) in [7, 11) is 0. The van der Waals surface area contributed by atoms with Crippen molar-refractivity contribution in [1.29, 1.82) is 0 Å². The van der Waals surface area contributed by atoms with Crippen molar-refractivity contribution in [2.75, 3.05) is 0 Å². The Morgan fingerprint density at radius 1 is 0.346 bits per heavy atom. The van der Waals surface area contributed by atoms with Crippen molar-refractivity contribution in [2.24, 2.45) is 0 Å². The number of fused-ring (bicyclic) bond motifs is 2. The standard InChI is InChI=1S/C46H33N5S/c1-46(2)36-20-12-13-21-40(36)52-41-28-35(26-27-37(41)46)39-29-38(47-42(48-39)31-14-6-3-7-15-31)30-22-24-34(25-23-30)45-50-43(32-16-8-4-9-17-32)49-44(51-45)33-18-10-5-11-19-33/h3-29H,1-2H3. The zero-order chi connectivity index (χ0) is 35.1. The fraction of sp³-hybridized carbons (Fsp3) is 0.0652. The summed E-state index contributed by atoms with van der Waals surface area (Å²) in [5, 5.41) is 0. The molecule has 248 valence electrons. The number of hydrogen-bond acceptors (Lipinski definition) is 6. The first kappa shape index (κ1) is 31.7. The maximum Gasteiger partial charge on any atom is 0.164 e. The minimum absolute atomic E-state index is 0.0915. The van der Waals surface area contributed by atoms with E-state index in [-0.39, 0.29) is 5.41 Å². The molecule has 1 aliphatic heterocycles. The van der Waals surface area contributed by atoms with Gasteiger partial charge in [-0.05, 0) is 29.3 Å². The van der Waals surface area contributed by atoms with E-state index in [0.717, 1.165) is 44.8 Å². The number of hydrogen-bond donors (Lipinski definition) is 0. The zero-order valence-corrected chi connectivity index (χ0v) is 29.5. The average molecular weight is 688 g/mol. The fourth-order valence-corrected chi connectivity index (χ4v) is 8.24. The van der Waals surface area contributed by atoms with Crippen LogP contribution in [0.3, 0.4) is 0 Å². The Balaban J connectivity index is 1.12. The van der Waals surface area contributed by atoms with Crippen LogP contribution in [-0.2, 0) is 5.41 Å². The van der Waals surface area contributed by atoms with Crippen LogP contribution in [0.2, 0.25) is 0 Å². The van der Waals surface area contributed by atoms with Gasteiger partial charge in [0.25, 0.3) is 0 Å². The van der Waals surface area contributed by atoms with E-state index >= 15 is 0 Å². The topological polar surface area (TPSA) is 64.5 Å². The van der Waals surface area contributed by atoms with E-state index in [9.17, 15) is 0 Å². The molecule has 0 bridgehead atoms. The molecule has 1 aliphatic rings. The van der Waals surface area contributed by atoms with E-state index in [4.69, 9.17) is 24.9 Å². The molecule has 0 fully saturated rings. The molecule has 0 aliphatic carbocycles. The lowest BCUT2D eigenvalue weighted by molar-refractivity contribution is 0.607. The van der Waals surface area contributed by atoms with Gasteiger partial charge in [-0.2, -0.15) is 0 Å². The monoisotopic (exact) mass is 687 g/mol. The third-order valence-corrected chi connectivity index (χ3v) is 10.8. The normalized spacial score (nSPS) is 12.9. The van der Waals surface area contributed by atoms with Crippen LogP contribution in [0.5, 0.6) is 0 Å². The Bertz CT molecular complexity index is 2490. The maximum atomic E-state index is 5.12. The van der Waals surface area contributed by atoms with Crippen LogP contribution in [0.4, 0.5) is 0 Å².